The molecule has 2 aromatic rings. The summed E-state index contributed by atoms with van der Waals surface area (Å²) in [5.74, 6) is 1.60. The second kappa shape index (κ2) is 7.08. The van der Waals surface area contributed by atoms with Crippen molar-refractivity contribution in [3.05, 3.63) is 41.9 Å². The Bertz CT molecular complexity index is 834. The number of carbonyl (C=O) groups excluding carboxylic acids is 1. The van der Waals surface area contributed by atoms with Crippen molar-refractivity contribution in [2.24, 2.45) is 0 Å². The van der Waals surface area contributed by atoms with E-state index in [9.17, 15) is 4.79 Å². The number of rotatable bonds is 4. The summed E-state index contributed by atoms with van der Waals surface area (Å²) >= 11 is 0. The lowest BCUT2D eigenvalue weighted by atomic mass is 10.3. The molecule has 2 saturated heterocycles. The van der Waals surface area contributed by atoms with E-state index in [1.807, 2.05) is 18.2 Å². The van der Waals surface area contributed by atoms with Gasteiger partial charge in [0.1, 0.15) is 17.9 Å². The predicted octanol–water partition coefficient (Wildman–Crippen LogP) is 2.18. The molecular formula is C19H21N5O2. The van der Waals surface area contributed by atoms with Crippen molar-refractivity contribution in [2.75, 3.05) is 31.1 Å². The van der Waals surface area contributed by atoms with Crippen molar-refractivity contribution in [1.82, 2.24) is 14.9 Å². The summed E-state index contributed by atoms with van der Waals surface area (Å²) in [5, 5.41) is 8.90. The van der Waals surface area contributed by atoms with Gasteiger partial charge in [-0.15, -0.1) is 0 Å². The van der Waals surface area contributed by atoms with Gasteiger partial charge in [-0.05, 0) is 31.0 Å². The van der Waals surface area contributed by atoms with Crippen LogP contribution < -0.4 is 9.64 Å². The van der Waals surface area contributed by atoms with Gasteiger partial charge < -0.3 is 19.5 Å². The molecule has 0 radical (unpaired) electrons. The Hall–Kier alpha value is -3.01. The molecule has 7 heteroatoms. The lowest BCUT2D eigenvalue weighted by Gasteiger charge is -2.22. The Labute approximate surface area is 152 Å². The van der Waals surface area contributed by atoms with E-state index in [0.29, 0.717) is 24.3 Å². The summed E-state index contributed by atoms with van der Waals surface area (Å²) in [6, 6.07) is 7.45. The third-order valence-corrected chi connectivity index (χ3v) is 4.92. The third-order valence-electron chi connectivity index (χ3n) is 4.92. The highest BCUT2D eigenvalue weighted by Gasteiger charge is 2.30. The number of nitrogens with one attached hydrogen (secondary N) is 1. The number of likely N-dealkylation sites (tertiary alicyclic amines) is 1. The van der Waals surface area contributed by atoms with Gasteiger partial charge in [-0.3, -0.25) is 4.79 Å². The van der Waals surface area contributed by atoms with Crippen LogP contribution in [0.1, 0.15) is 35.3 Å². The number of nitrogens with zero attached hydrogens (tertiary/aromatic N) is 4. The maximum absolute atomic E-state index is 12.6. The molecule has 2 fully saturated rings. The lowest BCUT2D eigenvalue weighted by Crippen LogP contribution is -2.31. The predicted molar refractivity (Wildman–Crippen MR) is 96.1 cm³/mol. The molecule has 2 aliphatic heterocycles. The molecule has 4 heterocycles. The highest BCUT2D eigenvalue weighted by atomic mass is 16.5. The minimum atomic E-state index is -0.0939. The van der Waals surface area contributed by atoms with Gasteiger partial charge >= 0.3 is 0 Å². The Morgan fingerprint density at radius 2 is 2.19 bits per heavy atom. The first-order chi connectivity index (χ1) is 12.7. The van der Waals surface area contributed by atoms with Crippen LogP contribution in [0, 0.1) is 11.3 Å². The third kappa shape index (κ3) is 3.23. The monoisotopic (exact) mass is 351 g/mol. The maximum atomic E-state index is 12.6. The van der Waals surface area contributed by atoms with E-state index in [1.165, 1.54) is 12.8 Å². The highest BCUT2D eigenvalue weighted by molar-refractivity contribution is 5.93. The smallest absolute Gasteiger partial charge is 0.270 e. The fraction of sp³-hybridized carbons (Fsp3) is 0.421. The van der Waals surface area contributed by atoms with Crippen molar-refractivity contribution in [2.45, 2.75) is 25.4 Å². The SMILES string of the molecule is N#Cc1c[nH]c(C(=O)N2CC[C@H](Oc3cccnc3N3CCCC3)C2)c1. The number of pyridine rings is 1. The lowest BCUT2D eigenvalue weighted by molar-refractivity contribution is 0.0767. The molecule has 7 nitrogen and oxygen atoms in total. The zero-order chi connectivity index (χ0) is 17.9. The molecule has 0 saturated carbocycles. The molecule has 1 atom stereocenters. The van der Waals surface area contributed by atoms with Crippen LogP contribution in [-0.2, 0) is 0 Å². The van der Waals surface area contributed by atoms with Crippen molar-refractivity contribution in [3.63, 3.8) is 0 Å². The Morgan fingerprint density at radius 3 is 2.96 bits per heavy atom. The highest BCUT2D eigenvalue weighted by Crippen LogP contribution is 2.30. The number of hydrogen-bond donors (Lipinski definition) is 1. The summed E-state index contributed by atoms with van der Waals surface area (Å²) in [5.41, 5.74) is 0.910. The Balaban J connectivity index is 1.42. The van der Waals surface area contributed by atoms with Crippen LogP contribution in [0.15, 0.2) is 30.6 Å². The number of nitriles is 1. The van der Waals surface area contributed by atoms with Gasteiger partial charge in [0.2, 0.25) is 0 Å². The average Bonchev–Trinajstić information content (AvgIpc) is 3.42. The molecule has 0 aliphatic carbocycles. The number of anilines is 1. The Morgan fingerprint density at radius 1 is 1.35 bits per heavy atom. The van der Waals surface area contributed by atoms with E-state index in [0.717, 1.165) is 31.1 Å². The first kappa shape index (κ1) is 16.5. The first-order valence-electron chi connectivity index (χ1n) is 8.99. The van der Waals surface area contributed by atoms with E-state index >= 15 is 0 Å². The molecule has 0 bridgehead atoms. The van der Waals surface area contributed by atoms with Gasteiger partial charge in [-0.25, -0.2) is 4.98 Å². The molecule has 1 N–H and O–H groups in total. The normalized spacial score (nSPS) is 19.6. The minimum absolute atomic E-state index is 0.0464. The molecule has 1 amide bonds. The molecular weight excluding hydrogens is 330 g/mol. The van der Waals surface area contributed by atoms with Crippen LogP contribution in [0.25, 0.3) is 0 Å². The molecule has 26 heavy (non-hydrogen) atoms. The number of hydrogen-bond acceptors (Lipinski definition) is 5. The fourth-order valence-electron chi connectivity index (χ4n) is 3.58. The van der Waals surface area contributed by atoms with E-state index in [-0.39, 0.29) is 12.0 Å². The van der Waals surface area contributed by atoms with E-state index < -0.39 is 0 Å². The van der Waals surface area contributed by atoms with Crippen LogP contribution in [-0.4, -0.2) is 53.1 Å². The molecule has 4 rings (SSSR count). The molecule has 0 spiro atoms. The van der Waals surface area contributed by atoms with E-state index in [1.54, 1.807) is 23.4 Å². The van der Waals surface area contributed by atoms with Gasteiger partial charge in [0.05, 0.1) is 12.1 Å². The van der Waals surface area contributed by atoms with Gasteiger partial charge in [0.15, 0.2) is 11.6 Å². The maximum Gasteiger partial charge on any atom is 0.270 e. The summed E-state index contributed by atoms with van der Waals surface area (Å²) in [6.07, 6.45) is 6.45. The van der Waals surface area contributed by atoms with Gasteiger partial charge in [0.25, 0.3) is 5.91 Å². The molecule has 2 aliphatic rings. The molecule has 0 aromatic carbocycles. The van der Waals surface area contributed by atoms with Crippen LogP contribution >= 0.6 is 0 Å². The van der Waals surface area contributed by atoms with Crippen molar-refractivity contribution in [3.8, 4) is 11.8 Å². The summed E-state index contributed by atoms with van der Waals surface area (Å²) in [7, 11) is 0. The average molecular weight is 351 g/mol. The summed E-state index contributed by atoms with van der Waals surface area (Å²) < 4.78 is 6.20. The van der Waals surface area contributed by atoms with E-state index in [2.05, 4.69) is 14.9 Å². The largest absolute Gasteiger partial charge is 0.485 e. The number of amides is 1. The topological polar surface area (TPSA) is 85.2 Å². The second-order valence-electron chi connectivity index (χ2n) is 6.71. The Kier molecular flexibility index (Phi) is 4.48. The van der Waals surface area contributed by atoms with Crippen molar-refractivity contribution in [1.29, 1.82) is 5.26 Å². The van der Waals surface area contributed by atoms with Gasteiger partial charge in [-0.2, -0.15) is 5.26 Å². The van der Waals surface area contributed by atoms with Crippen LogP contribution in [0.2, 0.25) is 0 Å². The van der Waals surface area contributed by atoms with Crippen LogP contribution in [0.4, 0.5) is 5.82 Å². The first-order valence-corrected chi connectivity index (χ1v) is 8.99. The van der Waals surface area contributed by atoms with Crippen LogP contribution in [0.3, 0.4) is 0 Å². The zero-order valence-electron chi connectivity index (χ0n) is 14.5. The molecule has 0 unspecified atom stereocenters. The molecule has 134 valence electrons. The van der Waals surface area contributed by atoms with Crippen LogP contribution in [0.5, 0.6) is 5.75 Å². The number of carbonyl (C=O) groups is 1. The van der Waals surface area contributed by atoms with E-state index in [4.69, 9.17) is 10.00 Å². The molecule has 2 aromatic heterocycles. The quantitative estimate of drug-likeness (QED) is 0.912. The van der Waals surface area contributed by atoms with Crippen molar-refractivity contribution < 1.29 is 9.53 Å². The number of ether oxygens (including phenoxy) is 1. The van der Waals surface area contributed by atoms with Gasteiger partial charge in [0, 0.05) is 38.4 Å². The standard InChI is InChI=1S/C19H21N5O2/c20-11-14-10-16(22-12-14)19(25)24-9-5-15(13-24)26-17-4-3-6-21-18(17)23-7-1-2-8-23/h3-4,6,10,12,15,22H,1-2,5,7-9,13H2/t15-/m0/s1. The summed E-state index contributed by atoms with van der Waals surface area (Å²) in [4.78, 5) is 24.0. The second-order valence-corrected chi connectivity index (χ2v) is 6.71. The number of aromatic nitrogens is 2. The number of H-pyrrole nitrogens is 1. The van der Waals surface area contributed by atoms with Gasteiger partial charge in [-0.1, -0.05) is 0 Å². The number of aromatic amines is 1. The minimum Gasteiger partial charge on any atom is -0.485 e. The van der Waals surface area contributed by atoms with Crippen molar-refractivity contribution >= 4 is 11.7 Å². The fourth-order valence-corrected chi connectivity index (χ4v) is 3.58. The zero-order valence-corrected chi connectivity index (χ0v) is 14.5. The summed E-state index contributed by atoms with van der Waals surface area (Å²) in [6.45, 7) is 3.20.